The Balaban J connectivity index is 2.95. The second-order valence-corrected chi connectivity index (χ2v) is 4.44. The molecule has 1 aromatic rings. The van der Waals surface area contributed by atoms with E-state index < -0.39 is 40.9 Å². The fraction of sp³-hybridized carbons (Fsp3) is 0.385. The van der Waals surface area contributed by atoms with Crippen molar-refractivity contribution < 1.29 is 33.7 Å². The Morgan fingerprint density at radius 1 is 1.24 bits per heavy atom. The number of amides is 1. The van der Waals surface area contributed by atoms with Gasteiger partial charge in [-0.25, -0.2) is 13.6 Å². The summed E-state index contributed by atoms with van der Waals surface area (Å²) in [5.41, 5.74) is -1.07. The van der Waals surface area contributed by atoms with Crippen LogP contribution >= 0.6 is 0 Å². The molecule has 1 rings (SSSR count). The van der Waals surface area contributed by atoms with E-state index in [1.807, 2.05) is 0 Å². The molecule has 0 radical (unpaired) electrons. The molecule has 0 aromatic heterocycles. The topological polar surface area (TPSA) is 107 Å². The average Bonchev–Trinajstić information content (AvgIpc) is 2.39. The minimum absolute atomic E-state index is 0.0413. The van der Waals surface area contributed by atoms with Gasteiger partial charge in [-0.2, -0.15) is 0 Å². The number of aliphatic hydroxyl groups is 2. The first kappa shape index (κ1) is 17.0. The molecule has 4 N–H and O–H groups in total. The van der Waals surface area contributed by atoms with E-state index >= 15 is 0 Å². The first-order valence-electron chi connectivity index (χ1n) is 6.06. The van der Waals surface area contributed by atoms with Crippen molar-refractivity contribution in [2.75, 3.05) is 6.54 Å². The van der Waals surface area contributed by atoms with E-state index in [0.29, 0.717) is 12.1 Å². The molecule has 21 heavy (non-hydrogen) atoms. The Bertz CT molecular complexity index is 550. The zero-order valence-corrected chi connectivity index (χ0v) is 11.1. The van der Waals surface area contributed by atoms with Crippen molar-refractivity contribution in [3.05, 3.63) is 34.9 Å². The van der Waals surface area contributed by atoms with Crippen LogP contribution in [0.4, 0.5) is 8.78 Å². The molecule has 0 bridgehead atoms. The van der Waals surface area contributed by atoms with Gasteiger partial charge in [0, 0.05) is 19.0 Å². The summed E-state index contributed by atoms with van der Waals surface area (Å²) in [4.78, 5) is 21.6. The van der Waals surface area contributed by atoms with E-state index in [1.165, 1.54) is 6.92 Å². The minimum Gasteiger partial charge on any atom is -0.478 e. The molecular formula is C13H15F2NO5. The molecule has 0 fully saturated rings. The van der Waals surface area contributed by atoms with Crippen LogP contribution in [0.3, 0.4) is 0 Å². The molecule has 2 unspecified atom stereocenters. The summed E-state index contributed by atoms with van der Waals surface area (Å²) in [5.74, 6) is -4.59. The summed E-state index contributed by atoms with van der Waals surface area (Å²) in [5, 5.41) is 30.9. The summed E-state index contributed by atoms with van der Waals surface area (Å²) in [6.07, 6.45) is -3.25. The highest BCUT2D eigenvalue weighted by Gasteiger charge is 2.25. The SMILES string of the molecule is CC(=O)NCCC(O)C(O)c1cc(F)c(F)cc1C(=O)O. The van der Waals surface area contributed by atoms with Crippen molar-refractivity contribution in [1.82, 2.24) is 5.32 Å². The number of hydrogen-bond acceptors (Lipinski definition) is 4. The lowest BCUT2D eigenvalue weighted by Gasteiger charge is -2.20. The third kappa shape index (κ3) is 4.47. The number of nitrogens with one attached hydrogen (secondary N) is 1. The van der Waals surface area contributed by atoms with Crippen molar-refractivity contribution in [2.45, 2.75) is 25.6 Å². The molecule has 0 saturated carbocycles. The summed E-state index contributed by atoms with van der Waals surface area (Å²) < 4.78 is 26.2. The fourth-order valence-corrected chi connectivity index (χ4v) is 1.75. The Hall–Kier alpha value is -2.06. The van der Waals surface area contributed by atoms with Gasteiger partial charge in [0.25, 0.3) is 0 Å². The maximum absolute atomic E-state index is 13.2. The highest BCUT2D eigenvalue weighted by molar-refractivity contribution is 5.89. The lowest BCUT2D eigenvalue weighted by molar-refractivity contribution is -0.119. The van der Waals surface area contributed by atoms with Crippen LogP contribution in [-0.4, -0.2) is 39.8 Å². The van der Waals surface area contributed by atoms with Crippen LogP contribution in [0.2, 0.25) is 0 Å². The fourth-order valence-electron chi connectivity index (χ4n) is 1.75. The first-order valence-corrected chi connectivity index (χ1v) is 6.06. The number of carboxylic acid groups (broad SMARTS) is 1. The third-order valence-electron chi connectivity index (χ3n) is 2.82. The lowest BCUT2D eigenvalue weighted by Crippen LogP contribution is -2.28. The lowest BCUT2D eigenvalue weighted by atomic mass is 9.96. The van der Waals surface area contributed by atoms with Crippen molar-refractivity contribution in [1.29, 1.82) is 0 Å². The van der Waals surface area contributed by atoms with Crippen molar-refractivity contribution >= 4 is 11.9 Å². The number of benzene rings is 1. The highest BCUT2D eigenvalue weighted by atomic mass is 19.2. The summed E-state index contributed by atoms with van der Waals surface area (Å²) in [6, 6.07) is 0.974. The molecule has 0 aliphatic heterocycles. The Morgan fingerprint density at radius 2 is 1.81 bits per heavy atom. The van der Waals surface area contributed by atoms with Gasteiger partial charge >= 0.3 is 5.97 Å². The molecule has 116 valence electrons. The molecular weight excluding hydrogens is 288 g/mol. The van der Waals surface area contributed by atoms with Gasteiger partial charge in [-0.15, -0.1) is 0 Å². The molecule has 1 amide bonds. The number of carbonyl (C=O) groups is 2. The van der Waals surface area contributed by atoms with Crippen molar-refractivity contribution in [3.63, 3.8) is 0 Å². The van der Waals surface area contributed by atoms with Gasteiger partial charge in [-0.05, 0) is 18.6 Å². The molecule has 6 nitrogen and oxygen atoms in total. The monoisotopic (exact) mass is 303 g/mol. The first-order chi connectivity index (χ1) is 9.73. The van der Waals surface area contributed by atoms with Crippen LogP contribution in [-0.2, 0) is 4.79 Å². The number of halogens is 2. The highest BCUT2D eigenvalue weighted by Crippen LogP contribution is 2.25. The second kappa shape index (κ2) is 7.09. The Morgan fingerprint density at radius 3 is 2.33 bits per heavy atom. The Kier molecular flexibility index (Phi) is 5.74. The number of carboxylic acids is 1. The maximum atomic E-state index is 13.2. The van der Waals surface area contributed by atoms with Gasteiger partial charge in [-0.3, -0.25) is 4.79 Å². The van der Waals surface area contributed by atoms with Crippen LogP contribution in [0.5, 0.6) is 0 Å². The van der Waals surface area contributed by atoms with Crippen LogP contribution < -0.4 is 5.32 Å². The molecule has 0 saturated heterocycles. The largest absolute Gasteiger partial charge is 0.478 e. The van der Waals surface area contributed by atoms with Crippen molar-refractivity contribution in [3.8, 4) is 0 Å². The molecule has 2 atom stereocenters. The van der Waals surface area contributed by atoms with Gasteiger partial charge < -0.3 is 20.6 Å². The molecule has 1 aromatic carbocycles. The van der Waals surface area contributed by atoms with E-state index in [-0.39, 0.29) is 18.9 Å². The van der Waals surface area contributed by atoms with Gasteiger partial charge in [0.05, 0.1) is 11.7 Å². The number of aliphatic hydroxyl groups excluding tert-OH is 2. The van der Waals surface area contributed by atoms with Crippen LogP contribution in [0.15, 0.2) is 12.1 Å². The molecule has 8 heteroatoms. The number of carbonyl (C=O) groups excluding carboxylic acids is 1. The predicted octanol–water partition coefficient (Wildman–Crippen LogP) is 0.584. The average molecular weight is 303 g/mol. The standard InChI is InChI=1S/C13H15F2NO5/c1-6(17)16-3-2-11(18)12(19)7-4-9(14)10(15)5-8(7)13(20)21/h4-5,11-12,18-19H,2-3H2,1H3,(H,16,17)(H,20,21). The van der Waals surface area contributed by atoms with Gasteiger partial charge in [0.15, 0.2) is 11.6 Å². The van der Waals surface area contributed by atoms with E-state index in [4.69, 9.17) is 5.11 Å². The van der Waals surface area contributed by atoms with Crippen LogP contribution in [0, 0.1) is 11.6 Å². The molecule has 0 aliphatic rings. The molecule has 0 aliphatic carbocycles. The van der Waals surface area contributed by atoms with Crippen molar-refractivity contribution in [2.24, 2.45) is 0 Å². The smallest absolute Gasteiger partial charge is 0.336 e. The maximum Gasteiger partial charge on any atom is 0.336 e. The molecule has 0 heterocycles. The third-order valence-corrected chi connectivity index (χ3v) is 2.82. The Labute approximate surface area is 119 Å². The van der Waals surface area contributed by atoms with E-state index in [2.05, 4.69) is 5.32 Å². The van der Waals surface area contributed by atoms with Crippen LogP contribution in [0.25, 0.3) is 0 Å². The number of aromatic carboxylic acids is 1. The second-order valence-electron chi connectivity index (χ2n) is 4.44. The van der Waals surface area contributed by atoms with E-state index in [1.54, 1.807) is 0 Å². The van der Waals surface area contributed by atoms with Gasteiger partial charge in [0.2, 0.25) is 5.91 Å². The van der Waals surface area contributed by atoms with E-state index in [9.17, 15) is 28.6 Å². The van der Waals surface area contributed by atoms with Gasteiger partial charge in [0.1, 0.15) is 6.10 Å². The van der Waals surface area contributed by atoms with E-state index in [0.717, 1.165) is 0 Å². The quantitative estimate of drug-likeness (QED) is 0.615. The zero-order chi connectivity index (χ0) is 16.2. The number of hydrogen-bond donors (Lipinski definition) is 4. The zero-order valence-electron chi connectivity index (χ0n) is 11.1. The summed E-state index contributed by atoms with van der Waals surface area (Å²) in [7, 11) is 0. The molecule has 0 spiro atoms. The summed E-state index contributed by atoms with van der Waals surface area (Å²) >= 11 is 0. The van der Waals surface area contributed by atoms with Crippen LogP contribution in [0.1, 0.15) is 35.4 Å². The minimum atomic E-state index is -1.72. The number of rotatable bonds is 6. The normalized spacial score (nSPS) is 13.6. The predicted molar refractivity (Wildman–Crippen MR) is 67.6 cm³/mol. The summed E-state index contributed by atoms with van der Waals surface area (Å²) in [6.45, 7) is 1.31. The van der Waals surface area contributed by atoms with Gasteiger partial charge in [-0.1, -0.05) is 0 Å².